The lowest BCUT2D eigenvalue weighted by molar-refractivity contribution is 0.477. The number of fused-ring (bicyclic) bond motifs is 1. The Kier molecular flexibility index (Phi) is 4.99. The molecule has 4 aromatic rings. The minimum Gasteiger partial charge on any atom is -0.507 e. The van der Waals surface area contributed by atoms with Crippen LogP contribution in [0.2, 0.25) is 5.02 Å². The van der Waals surface area contributed by atoms with Crippen molar-refractivity contribution in [3.8, 4) is 17.1 Å². The average Bonchev–Trinajstić information content (AvgIpc) is 3.24. The van der Waals surface area contributed by atoms with Crippen LogP contribution < -0.4 is 10.6 Å². The van der Waals surface area contributed by atoms with E-state index in [4.69, 9.17) is 16.6 Å². The minimum atomic E-state index is 0.102. The Morgan fingerprint density at radius 3 is 2.60 bits per heavy atom. The van der Waals surface area contributed by atoms with E-state index < -0.39 is 0 Å². The van der Waals surface area contributed by atoms with Gasteiger partial charge in [-0.3, -0.25) is 0 Å². The lowest BCUT2D eigenvalue weighted by Crippen LogP contribution is -2.27. The van der Waals surface area contributed by atoms with Gasteiger partial charge in [0.2, 0.25) is 0 Å². The van der Waals surface area contributed by atoms with Crippen molar-refractivity contribution < 1.29 is 5.11 Å². The molecule has 30 heavy (non-hydrogen) atoms. The molecular weight excluding hydrogens is 396 g/mol. The summed E-state index contributed by atoms with van der Waals surface area (Å²) in [4.78, 5) is 9.47. The summed E-state index contributed by atoms with van der Waals surface area (Å²) in [7, 11) is 0. The van der Waals surface area contributed by atoms with Crippen molar-refractivity contribution in [2.24, 2.45) is 0 Å². The highest BCUT2D eigenvalue weighted by Crippen LogP contribution is 2.33. The van der Waals surface area contributed by atoms with Crippen LogP contribution in [0.25, 0.3) is 22.3 Å². The second kappa shape index (κ2) is 7.94. The van der Waals surface area contributed by atoms with E-state index in [0.29, 0.717) is 22.3 Å². The van der Waals surface area contributed by atoms with E-state index in [9.17, 15) is 5.11 Å². The number of phenols is 1. The summed E-state index contributed by atoms with van der Waals surface area (Å²) in [6.07, 6.45) is 0. The molecule has 0 saturated carbocycles. The number of nitrogens with zero attached hydrogens (tertiary/aromatic N) is 2. The third kappa shape index (κ3) is 3.58. The number of aromatic nitrogens is 2. The van der Waals surface area contributed by atoms with E-state index in [-0.39, 0.29) is 11.8 Å². The molecule has 3 N–H and O–H groups in total. The number of anilines is 1. The lowest BCUT2D eigenvalue weighted by atomic mass is 9.94. The fraction of sp³-hybridized carbons (Fsp3) is 0.167. The van der Waals surface area contributed by atoms with Crippen molar-refractivity contribution in [3.63, 3.8) is 0 Å². The third-order valence-electron chi connectivity index (χ3n) is 5.57. The van der Waals surface area contributed by atoms with E-state index in [1.807, 2.05) is 30.3 Å². The fourth-order valence-electron chi connectivity index (χ4n) is 4.05. The number of phenolic OH excluding ortho intramolecular Hbond substituents is 1. The maximum Gasteiger partial charge on any atom is 0.165 e. The first-order chi connectivity index (χ1) is 14.7. The minimum absolute atomic E-state index is 0.102. The summed E-state index contributed by atoms with van der Waals surface area (Å²) < 4.78 is 0. The number of rotatable bonds is 4. The molecule has 0 spiro atoms. The van der Waals surface area contributed by atoms with Gasteiger partial charge in [0, 0.05) is 35.5 Å². The smallest absolute Gasteiger partial charge is 0.165 e. The van der Waals surface area contributed by atoms with Crippen molar-refractivity contribution in [1.29, 1.82) is 0 Å². The van der Waals surface area contributed by atoms with Crippen LogP contribution >= 0.6 is 11.6 Å². The molecule has 150 valence electrons. The topological polar surface area (TPSA) is 70.1 Å². The van der Waals surface area contributed by atoms with Gasteiger partial charge in [-0.15, -0.1) is 0 Å². The second-order valence-electron chi connectivity index (χ2n) is 7.50. The number of benzene rings is 3. The Labute approximate surface area is 179 Å². The highest BCUT2D eigenvalue weighted by molar-refractivity contribution is 6.30. The summed E-state index contributed by atoms with van der Waals surface area (Å²) in [5.41, 5.74) is 2.62. The molecule has 1 aliphatic rings. The number of nitrogens with one attached hydrogen (secondary N) is 2. The van der Waals surface area contributed by atoms with E-state index >= 15 is 0 Å². The van der Waals surface area contributed by atoms with Crippen LogP contribution in [-0.4, -0.2) is 34.2 Å². The maximum atomic E-state index is 10.4. The molecule has 0 aliphatic carbocycles. The van der Waals surface area contributed by atoms with E-state index in [1.54, 1.807) is 18.2 Å². The molecular formula is C24H21ClN4O. The molecule has 6 heteroatoms. The predicted octanol–water partition coefficient (Wildman–Crippen LogP) is 4.82. The summed E-state index contributed by atoms with van der Waals surface area (Å²) in [6.45, 7) is 1.75. The largest absolute Gasteiger partial charge is 0.507 e. The molecule has 2 unspecified atom stereocenters. The first-order valence-corrected chi connectivity index (χ1v) is 10.3. The molecule has 3 aromatic carbocycles. The molecule has 1 fully saturated rings. The molecule has 2 atom stereocenters. The molecule has 5 nitrogen and oxygen atoms in total. The zero-order valence-electron chi connectivity index (χ0n) is 16.2. The van der Waals surface area contributed by atoms with Gasteiger partial charge < -0.3 is 15.7 Å². The number of hydrogen-bond donors (Lipinski definition) is 3. The van der Waals surface area contributed by atoms with Gasteiger partial charge in [-0.25, -0.2) is 9.97 Å². The fourth-order valence-corrected chi connectivity index (χ4v) is 4.22. The van der Waals surface area contributed by atoms with Gasteiger partial charge in [0.05, 0.1) is 11.1 Å². The Hall–Kier alpha value is -3.15. The summed E-state index contributed by atoms with van der Waals surface area (Å²) in [6, 6.07) is 23.5. The maximum absolute atomic E-state index is 10.4. The van der Waals surface area contributed by atoms with Crippen molar-refractivity contribution in [1.82, 2.24) is 15.3 Å². The van der Waals surface area contributed by atoms with Crippen LogP contribution in [0.3, 0.4) is 0 Å². The molecule has 0 bridgehead atoms. The molecule has 1 saturated heterocycles. The quantitative estimate of drug-likeness (QED) is 0.444. The van der Waals surface area contributed by atoms with E-state index in [1.165, 1.54) is 5.56 Å². The second-order valence-corrected chi connectivity index (χ2v) is 7.94. The monoisotopic (exact) mass is 416 g/mol. The van der Waals surface area contributed by atoms with Crippen LogP contribution in [-0.2, 0) is 0 Å². The summed E-state index contributed by atoms with van der Waals surface area (Å²) >= 11 is 6.16. The standard InChI is InChI=1S/C24H21ClN4O/c25-16-10-11-22(30)18(12-16)24-27-20-9-5-4-8-17(20)23(29-24)28-21-14-26-13-19(21)15-6-2-1-3-7-15/h1-12,19,21,26,30H,13-14H2,(H,27,28,29). The predicted molar refractivity (Wildman–Crippen MR) is 121 cm³/mol. The number of para-hydroxylation sites is 1. The molecule has 2 heterocycles. The summed E-state index contributed by atoms with van der Waals surface area (Å²) in [5.74, 6) is 1.64. The highest BCUT2D eigenvalue weighted by Gasteiger charge is 2.29. The average molecular weight is 417 g/mol. The Balaban J connectivity index is 1.57. The van der Waals surface area contributed by atoms with Crippen molar-refractivity contribution in [2.75, 3.05) is 18.4 Å². The van der Waals surface area contributed by atoms with Gasteiger partial charge in [0.15, 0.2) is 5.82 Å². The first-order valence-electron chi connectivity index (χ1n) is 9.97. The van der Waals surface area contributed by atoms with Crippen LogP contribution in [0, 0.1) is 0 Å². The SMILES string of the molecule is Oc1ccc(Cl)cc1-c1nc(NC2CNCC2c2ccccc2)c2ccccc2n1. The molecule has 0 amide bonds. The number of halogens is 1. The Morgan fingerprint density at radius 2 is 1.73 bits per heavy atom. The van der Waals surface area contributed by atoms with Crippen LogP contribution in [0.1, 0.15) is 11.5 Å². The van der Waals surface area contributed by atoms with E-state index in [0.717, 1.165) is 29.8 Å². The zero-order chi connectivity index (χ0) is 20.5. The normalized spacial score (nSPS) is 18.6. The summed E-state index contributed by atoms with van der Waals surface area (Å²) in [5, 5.41) is 19.0. The van der Waals surface area contributed by atoms with Gasteiger partial charge in [-0.05, 0) is 35.9 Å². The van der Waals surface area contributed by atoms with Gasteiger partial charge in [0.1, 0.15) is 11.6 Å². The lowest BCUT2D eigenvalue weighted by Gasteiger charge is -2.22. The molecule has 0 radical (unpaired) electrons. The van der Waals surface area contributed by atoms with Gasteiger partial charge >= 0.3 is 0 Å². The Bertz CT molecular complexity index is 1200. The third-order valence-corrected chi connectivity index (χ3v) is 5.80. The van der Waals surface area contributed by atoms with Crippen molar-refractivity contribution in [2.45, 2.75) is 12.0 Å². The van der Waals surface area contributed by atoms with Gasteiger partial charge in [-0.2, -0.15) is 0 Å². The van der Waals surface area contributed by atoms with Crippen LogP contribution in [0.4, 0.5) is 5.82 Å². The van der Waals surface area contributed by atoms with Crippen molar-refractivity contribution in [3.05, 3.63) is 83.4 Å². The van der Waals surface area contributed by atoms with Crippen LogP contribution in [0.15, 0.2) is 72.8 Å². The van der Waals surface area contributed by atoms with Gasteiger partial charge in [0.25, 0.3) is 0 Å². The molecule has 5 rings (SSSR count). The van der Waals surface area contributed by atoms with Gasteiger partial charge in [-0.1, -0.05) is 54.1 Å². The van der Waals surface area contributed by atoms with Crippen molar-refractivity contribution >= 4 is 28.3 Å². The molecule has 1 aromatic heterocycles. The number of hydrogen-bond acceptors (Lipinski definition) is 5. The van der Waals surface area contributed by atoms with E-state index in [2.05, 4.69) is 39.9 Å². The molecule has 1 aliphatic heterocycles. The first kappa shape index (κ1) is 18.9. The zero-order valence-corrected chi connectivity index (χ0v) is 17.0. The highest BCUT2D eigenvalue weighted by atomic mass is 35.5. The van der Waals surface area contributed by atoms with Crippen LogP contribution in [0.5, 0.6) is 5.75 Å². The Morgan fingerprint density at radius 1 is 0.933 bits per heavy atom. The number of aromatic hydroxyl groups is 1.